The van der Waals surface area contributed by atoms with Crippen LogP contribution in [0.3, 0.4) is 0 Å². The minimum absolute atomic E-state index is 0.0310. The van der Waals surface area contributed by atoms with Crippen molar-refractivity contribution >= 4 is 11.6 Å². The van der Waals surface area contributed by atoms with Crippen molar-refractivity contribution in [2.75, 3.05) is 18.0 Å². The Morgan fingerprint density at radius 2 is 2.14 bits per heavy atom. The van der Waals surface area contributed by atoms with Crippen molar-refractivity contribution in [2.45, 2.75) is 26.7 Å². The average molecular weight is 299 g/mol. The third kappa shape index (κ3) is 2.73. The Kier molecular flexibility index (Phi) is 3.92. The van der Waals surface area contributed by atoms with Crippen molar-refractivity contribution in [1.82, 2.24) is 19.5 Å². The fourth-order valence-corrected chi connectivity index (χ4v) is 2.99. The first kappa shape index (κ1) is 14.7. The molecule has 0 N–H and O–H groups in total. The van der Waals surface area contributed by atoms with Crippen molar-refractivity contribution in [2.24, 2.45) is 13.0 Å². The van der Waals surface area contributed by atoms with Crippen LogP contribution in [0.4, 0.5) is 5.82 Å². The number of aryl methyl sites for hydroxylation is 3. The van der Waals surface area contributed by atoms with E-state index in [9.17, 15) is 4.79 Å². The van der Waals surface area contributed by atoms with E-state index in [1.165, 1.54) is 0 Å². The molecule has 22 heavy (non-hydrogen) atoms. The predicted octanol–water partition coefficient (Wildman–Crippen LogP) is 1.93. The highest BCUT2D eigenvalue weighted by Crippen LogP contribution is 2.25. The molecule has 3 heterocycles. The lowest BCUT2D eigenvalue weighted by Gasteiger charge is -2.33. The van der Waals surface area contributed by atoms with E-state index in [1.54, 1.807) is 17.0 Å². The van der Waals surface area contributed by atoms with Crippen LogP contribution in [0.15, 0.2) is 18.6 Å². The summed E-state index contributed by atoms with van der Waals surface area (Å²) >= 11 is 0. The van der Waals surface area contributed by atoms with Gasteiger partial charge in [-0.25, -0.2) is 9.97 Å². The highest BCUT2D eigenvalue weighted by atomic mass is 16.1. The van der Waals surface area contributed by atoms with Crippen molar-refractivity contribution in [3.63, 3.8) is 0 Å². The third-order valence-electron chi connectivity index (χ3n) is 4.18. The Balaban J connectivity index is 1.81. The van der Waals surface area contributed by atoms with Crippen LogP contribution in [0.2, 0.25) is 0 Å². The van der Waals surface area contributed by atoms with Gasteiger partial charge in [0.05, 0.1) is 11.4 Å². The Labute approximate surface area is 130 Å². The first-order chi connectivity index (χ1) is 10.6. The molecule has 1 saturated heterocycles. The van der Waals surface area contributed by atoms with Crippen molar-refractivity contribution in [3.05, 3.63) is 35.8 Å². The largest absolute Gasteiger partial charge is 0.354 e. The van der Waals surface area contributed by atoms with Gasteiger partial charge in [-0.2, -0.15) is 0 Å². The molecular formula is C16H21N5O. The molecule has 0 unspecified atom stereocenters. The molecule has 1 fully saturated rings. The van der Waals surface area contributed by atoms with E-state index in [0.717, 1.165) is 36.6 Å². The molecule has 1 atom stereocenters. The number of Topliss-reactive ketones (excluding diaryl/α,β-unsaturated/α-hetero) is 1. The van der Waals surface area contributed by atoms with Gasteiger partial charge in [-0.1, -0.05) is 0 Å². The zero-order chi connectivity index (χ0) is 15.7. The number of carbonyl (C=O) groups is 1. The molecule has 2 aromatic rings. The summed E-state index contributed by atoms with van der Waals surface area (Å²) in [5.74, 6) is 1.53. The highest BCUT2D eigenvalue weighted by molar-refractivity contribution is 5.95. The van der Waals surface area contributed by atoms with Gasteiger partial charge in [0.2, 0.25) is 5.78 Å². The number of nitrogens with zero attached hydrogens (tertiary/aromatic N) is 5. The van der Waals surface area contributed by atoms with Crippen molar-refractivity contribution < 1.29 is 4.79 Å². The quantitative estimate of drug-likeness (QED) is 0.810. The van der Waals surface area contributed by atoms with Crippen LogP contribution in [0, 0.1) is 19.8 Å². The van der Waals surface area contributed by atoms with E-state index in [4.69, 9.17) is 0 Å². The van der Waals surface area contributed by atoms with Gasteiger partial charge in [-0.3, -0.25) is 9.78 Å². The third-order valence-corrected chi connectivity index (χ3v) is 4.18. The average Bonchev–Trinajstić information content (AvgIpc) is 2.95. The molecule has 3 rings (SSSR count). The number of piperidine rings is 1. The van der Waals surface area contributed by atoms with Gasteiger partial charge in [0.25, 0.3) is 0 Å². The summed E-state index contributed by atoms with van der Waals surface area (Å²) in [7, 11) is 1.86. The first-order valence-electron chi connectivity index (χ1n) is 7.63. The molecule has 0 amide bonds. The number of imidazole rings is 1. The van der Waals surface area contributed by atoms with Crippen molar-refractivity contribution in [3.8, 4) is 0 Å². The van der Waals surface area contributed by atoms with Crippen LogP contribution >= 0.6 is 0 Å². The summed E-state index contributed by atoms with van der Waals surface area (Å²) in [5, 5.41) is 0. The van der Waals surface area contributed by atoms with Crippen LogP contribution in [0.5, 0.6) is 0 Å². The lowest BCUT2D eigenvalue weighted by molar-refractivity contribution is 0.0893. The summed E-state index contributed by atoms with van der Waals surface area (Å²) in [6.45, 7) is 5.51. The number of carbonyl (C=O) groups excluding carboxylic acids is 1. The second kappa shape index (κ2) is 5.87. The molecule has 1 aliphatic heterocycles. The Morgan fingerprint density at radius 1 is 1.32 bits per heavy atom. The van der Waals surface area contributed by atoms with E-state index in [0.29, 0.717) is 12.4 Å². The number of anilines is 1. The SMILES string of the molecule is Cc1cnc(C)c(N2CCC[C@@H](C(=O)c3nccn3C)C2)n1. The second-order valence-electron chi connectivity index (χ2n) is 5.93. The van der Waals surface area contributed by atoms with Crippen molar-refractivity contribution in [1.29, 1.82) is 0 Å². The maximum absolute atomic E-state index is 12.7. The van der Waals surface area contributed by atoms with E-state index in [2.05, 4.69) is 19.9 Å². The highest BCUT2D eigenvalue weighted by Gasteiger charge is 2.29. The summed E-state index contributed by atoms with van der Waals surface area (Å²) in [5.41, 5.74) is 1.81. The van der Waals surface area contributed by atoms with Crippen LogP contribution in [-0.4, -0.2) is 38.4 Å². The van der Waals surface area contributed by atoms with Gasteiger partial charge in [0.15, 0.2) is 5.82 Å². The summed E-state index contributed by atoms with van der Waals surface area (Å²) in [6.07, 6.45) is 7.14. The van der Waals surface area contributed by atoms with E-state index in [-0.39, 0.29) is 11.7 Å². The Bertz CT molecular complexity index is 694. The number of hydrogen-bond donors (Lipinski definition) is 0. The van der Waals surface area contributed by atoms with Crippen LogP contribution < -0.4 is 4.90 Å². The number of hydrogen-bond acceptors (Lipinski definition) is 5. The maximum Gasteiger partial charge on any atom is 0.203 e. The van der Waals surface area contributed by atoms with Crippen LogP contribution in [0.1, 0.15) is 34.8 Å². The lowest BCUT2D eigenvalue weighted by Crippen LogP contribution is -2.40. The second-order valence-corrected chi connectivity index (χ2v) is 5.93. The standard InChI is InChI=1S/C16H21N5O/c1-11-9-18-12(2)15(19-11)21-7-4-5-13(10-21)14(22)16-17-6-8-20(16)3/h6,8-9,13H,4-5,7,10H2,1-3H3/t13-/m1/s1. The lowest BCUT2D eigenvalue weighted by atomic mass is 9.93. The molecule has 0 aliphatic carbocycles. The number of rotatable bonds is 3. The fourth-order valence-electron chi connectivity index (χ4n) is 2.99. The van der Waals surface area contributed by atoms with Gasteiger partial charge in [0, 0.05) is 44.6 Å². The summed E-state index contributed by atoms with van der Waals surface area (Å²) < 4.78 is 1.79. The molecule has 2 aromatic heterocycles. The van der Waals surface area contributed by atoms with Gasteiger partial charge >= 0.3 is 0 Å². The molecule has 0 spiro atoms. The Hall–Kier alpha value is -2.24. The summed E-state index contributed by atoms with van der Waals surface area (Å²) in [4.78, 5) is 28.0. The normalized spacial score (nSPS) is 18.5. The molecule has 0 bridgehead atoms. The van der Waals surface area contributed by atoms with E-state index < -0.39 is 0 Å². The van der Waals surface area contributed by atoms with Gasteiger partial charge in [-0.05, 0) is 26.7 Å². The van der Waals surface area contributed by atoms with Crippen LogP contribution in [-0.2, 0) is 7.05 Å². The molecular weight excluding hydrogens is 278 g/mol. The van der Waals surface area contributed by atoms with E-state index >= 15 is 0 Å². The Morgan fingerprint density at radius 3 is 2.86 bits per heavy atom. The molecule has 0 aromatic carbocycles. The van der Waals surface area contributed by atoms with Gasteiger partial charge < -0.3 is 9.47 Å². The molecule has 116 valence electrons. The summed E-state index contributed by atoms with van der Waals surface area (Å²) in [6, 6.07) is 0. The first-order valence-corrected chi connectivity index (χ1v) is 7.63. The van der Waals surface area contributed by atoms with Crippen LogP contribution in [0.25, 0.3) is 0 Å². The zero-order valence-electron chi connectivity index (χ0n) is 13.3. The number of aromatic nitrogens is 4. The topological polar surface area (TPSA) is 63.9 Å². The predicted molar refractivity (Wildman–Crippen MR) is 84.0 cm³/mol. The van der Waals surface area contributed by atoms with E-state index in [1.807, 2.05) is 27.1 Å². The van der Waals surface area contributed by atoms with Gasteiger partial charge in [-0.15, -0.1) is 0 Å². The fraction of sp³-hybridized carbons (Fsp3) is 0.500. The smallest absolute Gasteiger partial charge is 0.203 e. The zero-order valence-corrected chi connectivity index (χ0v) is 13.3. The minimum Gasteiger partial charge on any atom is -0.354 e. The molecule has 0 saturated carbocycles. The van der Waals surface area contributed by atoms with Gasteiger partial charge in [0.1, 0.15) is 5.82 Å². The minimum atomic E-state index is -0.0310. The molecule has 6 heteroatoms. The molecule has 6 nitrogen and oxygen atoms in total. The molecule has 1 aliphatic rings. The monoisotopic (exact) mass is 299 g/mol. The number of ketones is 1. The maximum atomic E-state index is 12.7. The molecule has 0 radical (unpaired) electrons.